The molecule has 1 heterocycles. The largest absolute Gasteiger partial charge is 0.372 e. The van der Waals surface area contributed by atoms with Crippen LogP contribution in [0.15, 0.2) is 42.5 Å². The Bertz CT molecular complexity index is 649. The number of carbonyl (C=O) groups is 1. The summed E-state index contributed by atoms with van der Waals surface area (Å²) in [5.41, 5.74) is 5.31. The van der Waals surface area contributed by atoms with Gasteiger partial charge in [-0.05, 0) is 35.2 Å². The van der Waals surface area contributed by atoms with Crippen LogP contribution in [-0.4, -0.2) is 5.91 Å². The van der Waals surface area contributed by atoms with Crippen molar-refractivity contribution < 1.29 is 9.53 Å². The number of aryl methyl sites for hydroxylation is 1. The number of benzene rings is 2. The summed E-state index contributed by atoms with van der Waals surface area (Å²) in [6.45, 7) is 3.86. The van der Waals surface area contributed by atoms with E-state index in [2.05, 4.69) is 17.4 Å². The zero-order valence-electron chi connectivity index (χ0n) is 11.5. The fraction of sp³-hybridized carbons (Fsp3) is 0.235. The minimum Gasteiger partial charge on any atom is -0.372 e. The van der Waals surface area contributed by atoms with Crippen LogP contribution in [0.25, 0.3) is 0 Å². The summed E-state index contributed by atoms with van der Waals surface area (Å²) in [4.78, 5) is 12.1. The zero-order valence-corrected chi connectivity index (χ0v) is 11.5. The van der Waals surface area contributed by atoms with Crippen molar-refractivity contribution in [2.24, 2.45) is 0 Å². The second kappa shape index (κ2) is 5.47. The molecule has 1 amide bonds. The molecule has 2 aromatic carbocycles. The average Bonchev–Trinajstić information content (AvgIpc) is 2.92. The molecular weight excluding hydrogens is 250 g/mol. The molecule has 0 bridgehead atoms. The van der Waals surface area contributed by atoms with Crippen LogP contribution in [0.2, 0.25) is 0 Å². The van der Waals surface area contributed by atoms with Gasteiger partial charge in [-0.1, -0.05) is 36.4 Å². The van der Waals surface area contributed by atoms with Crippen molar-refractivity contribution in [3.8, 4) is 0 Å². The summed E-state index contributed by atoms with van der Waals surface area (Å²) >= 11 is 0. The lowest BCUT2D eigenvalue weighted by atomic mass is 10.1. The smallest absolute Gasteiger partial charge is 0.251 e. The summed E-state index contributed by atoms with van der Waals surface area (Å²) < 4.78 is 5.39. The van der Waals surface area contributed by atoms with Crippen molar-refractivity contribution in [2.45, 2.75) is 26.7 Å². The molecule has 20 heavy (non-hydrogen) atoms. The van der Waals surface area contributed by atoms with Gasteiger partial charge in [0.25, 0.3) is 5.91 Å². The molecule has 0 fully saturated rings. The first-order valence-corrected chi connectivity index (χ1v) is 6.76. The first-order valence-electron chi connectivity index (χ1n) is 6.76. The Hall–Kier alpha value is -2.13. The normalized spacial score (nSPS) is 13.1. The van der Waals surface area contributed by atoms with Crippen molar-refractivity contribution >= 4 is 5.91 Å². The molecule has 0 saturated carbocycles. The van der Waals surface area contributed by atoms with E-state index >= 15 is 0 Å². The fourth-order valence-electron chi connectivity index (χ4n) is 2.44. The quantitative estimate of drug-likeness (QED) is 0.928. The molecule has 3 nitrogen and oxygen atoms in total. The molecule has 0 unspecified atom stereocenters. The number of ether oxygens (including phenoxy) is 1. The average molecular weight is 267 g/mol. The first kappa shape index (κ1) is 12.9. The lowest BCUT2D eigenvalue weighted by Crippen LogP contribution is -2.23. The number of rotatable bonds is 3. The number of amides is 1. The standard InChI is InChI=1S/C17H17NO2/c1-12-4-2-3-5-16(12)17(19)18-9-13-6-7-14-10-20-11-15(14)8-13/h2-8H,9-11H2,1H3,(H,18,19). The highest BCUT2D eigenvalue weighted by molar-refractivity contribution is 5.95. The van der Waals surface area contributed by atoms with Gasteiger partial charge in [0.05, 0.1) is 13.2 Å². The lowest BCUT2D eigenvalue weighted by Gasteiger charge is -2.08. The maximum absolute atomic E-state index is 12.1. The molecule has 0 radical (unpaired) electrons. The molecule has 1 N–H and O–H groups in total. The molecule has 1 aliphatic heterocycles. The summed E-state index contributed by atoms with van der Waals surface area (Å²) in [7, 11) is 0. The first-order chi connectivity index (χ1) is 9.74. The second-order valence-electron chi connectivity index (χ2n) is 5.09. The predicted octanol–water partition coefficient (Wildman–Crippen LogP) is 2.96. The van der Waals surface area contributed by atoms with Gasteiger partial charge >= 0.3 is 0 Å². The van der Waals surface area contributed by atoms with Crippen molar-refractivity contribution in [3.05, 3.63) is 70.3 Å². The van der Waals surface area contributed by atoms with Crippen LogP contribution in [0, 0.1) is 6.92 Å². The molecule has 0 aromatic heterocycles. The van der Waals surface area contributed by atoms with E-state index in [4.69, 9.17) is 4.74 Å². The van der Waals surface area contributed by atoms with Crippen LogP contribution in [0.1, 0.15) is 32.6 Å². The van der Waals surface area contributed by atoms with Crippen LogP contribution in [0.5, 0.6) is 0 Å². The van der Waals surface area contributed by atoms with Gasteiger partial charge in [0, 0.05) is 12.1 Å². The molecule has 2 aromatic rings. The van der Waals surface area contributed by atoms with Gasteiger partial charge in [-0.15, -0.1) is 0 Å². The van der Waals surface area contributed by atoms with Crippen LogP contribution in [0.3, 0.4) is 0 Å². The molecule has 0 aliphatic carbocycles. The van der Waals surface area contributed by atoms with Crippen molar-refractivity contribution in [3.63, 3.8) is 0 Å². The maximum atomic E-state index is 12.1. The van der Waals surface area contributed by atoms with E-state index < -0.39 is 0 Å². The third-order valence-electron chi connectivity index (χ3n) is 3.63. The van der Waals surface area contributed by atoms with Crippen molar-refractivity contribution in [2.75, 3.05) is 0 Å². The number of fused-ring (bicyclic) bond motifs is 1. The third kappa shape index (κ3) is 2.58. The highest BCUT2D eigenvalue weighted by Crippen LogP contribution is 2.20. The minimum absolute atomic E-state index is 0.0279. The maximum Gasteiger partial charge on any atom is 0.251 e. The van der Waals surface area contributed by atoms with Gasteiger partial charge in [0.2, 0.25) is 0 Å². The van der Waals surface area contributed by atoms with E-state index in [1.165, 1.54) is 11.1 Å². The van der Waals surface area contributed by atoms with Crippen molar-refractivity contribution in [1.29, 1.82) is 0 Å². The Morgan fingerprint density at radius 3 is 2.80 bits per heavy atom. The molecule has 0 atom stereocenters. The van der Waals surface area contributed by atoms with E-state index in [0.29, 0.717) is 19.8 Å². The fourth-order valence-corrected chi connectivity index (χ4v) is 2.44. The van der Waals surface area contributed by atoms with Gasteiger partial charge in [0.15, 0.2) is 0 Å². The Morgan fingerprint density at radius 2 is 1.95 bits per heavy atom. The van der Waals surface area contributed by atoms with E-state index in [1.807, 2.05) is 37.3 Å². The summed E-state index contributed by atoms with van der Waals surface area (Å²) in [5.74, 6) is -0.0279. The Labute approximate surface area is 118 Å². The molecule has 0 saturated heterocycles. The molecule has 102 valence electrons. The molecule has 0 spiro atoms. The van der Waals surface area contributed by atoms with Gasteiger partial charge in [-0.3, -0.25) is 4.79 Å². The number of nitrogens with one attached hydrogen (secondary N) is 1. The topological polar surface area (TPSA) is 38.3 Å². The van der Waals surface area contributed by atoms with Gasteiger partial charge in [-0.25, -0.2) is 0 Å². The van der Waals surface area contributed by atoms with Crippen LogP contribution in [0.4, 0.5) is 0 Å². The van der Waals surface area contributed by atoms with Gasteiger partial charge in [-0.2, -0.15) is 0 Å². The second-order valence-corrected chi connectivity index (χ2v) is 5.09. The number of hydrogen-bond acceptors (Lipinski definition) is 2. The van der Waals surface area contributed by atoms with Crippen LogP contribution >= 0.6 is 0 Å². The van der Waals surface area contributed by atoms with E-state index in [1.54, 1.807) is 0 Å². The van der Waals surface area contributed by atoms with Gasteiger partial charge in [0.1, 0.15) is 0 Å². The Kier molecular flexibility index (Phi) is 3.52. The van der Waals surface area contributed by atoms with E-state index in [-0.39, 0.29) is 5.91 Å². The molecular formula is C17H17NO2. The summed E-state index contributed by atoms with van der Waals surface area (Å²) in [5, 5.41) is 2.97. The minimum atomic E-state index is -0.0279. The third-order valence-corrected chi connectivity index (χ3v) is 3.63. The van der Waals surface area contributed by atoms with Gasteiger partial charge < -0.3 is 10.1 Å². The lowest BCUT2D eigenvalue weighted by molar-refractivity contribution is 0.0950. The molecule has 3 heteroatoms. The van der Waals surface area contributed by atoms with Crippen molar-refractivity contribution in [1.82, 2.24) is 5.32 Å². The summed E-state index contributed by atoms with van der Waals surface area (Å²) in [6, 6.07) is 13.9. The Morgan fingerprint density at radius 1 is 1.15 bits per heavy atom. The molecule has 3 rings (SSSR count). The van der Waals surface area contributed by atoms with Crippen LogP contribution < -0.4 is 5.32 Å². The summed E-state index contributed by atoms with van der Waals surface area (Å²) in [6.07, 6.45) is 0. The monoisotopic (exact) mass is 267 g/mol. The van der Waals surface area contributed by atoms with E-state index in [9.17, 15) is 4.79 Å². The highest BCUT2D eigenvalue weighted by atomic mass is 16.5. The number of hydrogen-bond donors (Lipinski definition) is 1. The highest BCUT2D eigenvalue weighted by Gasteiger charge is 2.12. The SMILES string of the molecule is Cc1ccccc1C(=O)NCc1ccc2c(c1)COC2. The number of carbonyl (C=O) groups excluding carboxylic acids is 1. The Balaban J connectivity index is 1.68. The zero-order chi connectivity index (χ0) is 13.9. The predicted molar refractivity (Wildman–Crippen MR) is 77.3 cm³/mol. The van der Waals surface area contributed by atoms with E-state index in [0.717, 1.165) is 16.7 Å². The molecule has 1 aliphatic rings. The van der Waals surface area contributed by atoms with Crippen LogP contribution in [-0.2, 0) is 24.5 Å².